The first-order chi connectivity index (χ1) is 14.1. The molecule has 5 heteroatoms. The van der Waals surface area contributed by atoms with Gasteiger partial charge in [0.05, 0.1) is 0 Å². The van der Waals surface area contributed by atoms with E-state index in [1.807, 2.05) is 7.85 Å². The van der Waals surface area contributed by atoms with Crippen LogP contribution in [0.4, 0.5) is 0 Å². The van der Waals surface area contributed by atoms with Gasteiger partial charge in [0.25, 0.3) is 0 Å². The summed E-state index contributed by atoms with van der Waals surface area (Å²) in [5.41, 5.74) is 0. The zero-order valence-electron chi connectivity index (χ0n) is 19.6. The summed E-state index contributed by atoms with van der Waals surface area (Å²) in [7, 11) is 3.65. The van der Waals surface area contributed by atoms with E-state index in [2.05, 4.69) is 24.4 Å². The van der Waals surface area contributed by atoms with E-state index in [-0.39, 0.29) is 24.4 Å². The van der Waals surface area contributed by atoms with Crippen LogP contribution in [0.1, 0.15) is 103 Å². The molecule has 0 aliphatic rings. The molecule has 0 aromatic heterocycles. The molecule has 0 bridgehead atoms. The number of rotatable bonds is 21. The Morgan fingerprint density at radius 3 is 2.07 bits per heavy atom. The van der Waals surface area contributed by atoms with Crippen molar-refractivity contribution in [2.45, 2.75) is 109 Å². The summed E-state index contributed by atoms with van der Waals surface area (Å²) in [6, 6.07) is 0.106. The number of ether oxygens (including phenoxy) is 1. The highest BCUT2D eigenvalue weighted by atomic mass is 16.5. The first-order valence-electron chi connectivity index (χ1n) is 12.2. The number of amides is 1. The maximum absolute atomic E-state index is 11.9. The molecule has 0 saturated heterocycles. The maximum Gasteiger partial charge on any atom is 0.220 e. The summed E-state index contributed by atoms with van der Waals surface area (Å²) in [5, 5.41) is 12.3. The number of hydrogen-bond acceptors (Lipinski definition) is 3. The Hall–Kier alpha value is -0.805. The van der Waals surface area contributed by atoms with Gasteiger partial charge in [-0.3, -0.25) is 4.79 Å². The van der Waals surface area contributed by atoms with Gasteiger partial charge >= 0.3 is 0 Å². The van der Waals surface area contributed by atoms with Crippen LogP contribution in [0, 0.1) is 5.92 Å². The molecule has 0 unspecified atom stereocenters. The van der Waals surface area contributed by atoms with E-state index in [1.165, 1.54) is 70.6 Å². The van der Waals surface area contributed by atoms with Gasteiger partial charge in [-0.25, -0.2) is 0 Å². The van der Waals surface area contributed by atoms with Gasteiger partial charge in [0.15, 0.2) is 0 Å². The zero-order chi connectivity index (χ0) is 21.6. The number of aliphatic hydroxyl groups is 1. The van der Waals surface area contributed by atoms with Crippen LogP contribution < -0.4 is 5.32 Å². The summed E-state index contributed by atoms with van der Waals surface area (Å²) >= 11 is 0. The van der Waals surface area contributed by atoms with Gasteiger partial charge in [0.2, 0.25) is 5.91 Å². The van der Waals surface area contributed by atoms with Crippen LogP contribution >= 0.6 is 0 Å². The Morgan fingerprint density at radius 2 is 1.52 bits per heavy atom. The molecule has 0 aromatic rings. The van der Waals surface area contributed by atoms with Crippen molar-refractivity contribution < 1.29 is 14.6 Å². The number of allylic oxidation sites excluding steroid dienone is 2. The van der Waals surface area contributed by atoms with Crippen LogP contribution in [0.25, 0.3) is 0 Å². The molecule has 29 heavy (non-hydrogen) atoms. The summed E-state index contributed by atoms with van der Waals surface area (Å²) < 4.78 is 5.22. The van der Waals surface area contributed by atoms with E-state index in [0.717, 1.165) is 19.3 Å². The molecular weight excluding hydrogens is 361 g/mol. The average Bonchev–Trinajstić information content (AvgIpc) is 2.73. The number of methoxy groups -OCH3 is 1. The van der Waals surface area contributed by atoms with Gasteiger partial charge < -0.3 is 15.2 Å². The van der Waals surface area contributed by atoms with Gasteiger partial charge in [-0.2, -0.15) is 0 Å². The fourth-order valence-corrected chi connectivity index (χ4v) is 3.49. The molecule has 2 N–H and O–H groups in total. The number of carbonyl (C=O) groups excluding carboxylic acids is 1. The van der Waals surface area contributed by atoms with Gasteiger partial charge in [-0.15, -0.1) is 0 Å². The van der Waals surface area contributed by atoms with E-state index in [9.17, 15) is 9.90 Å². The first kappa shape index (κ1) is 28.2. The lowest BCUT2D eigenvalue weighted by Crippen LogP contribution is -2.33. The molecule has 2 atom stereocenters. The molecule has 0 heterocycles. The van der Waals surface area contributed by atoms with E-state index < -0.39 is 0 Å². The SMILES string of the molecule is B[C@@H](C[C@@H](CO)CNC(=O)CCCCCCC/C=C\CCCCCCCC)OC. The smallest absolute Gasteiger partial charge is 0.220 e. The van der Waals surface area contributed by atoms with E-state index in [0.29, 0.717) is 13.0 Å². The summed E-state index contributed by atoms with van der Waals surface area (Å²) in [4.78, 5) is 11.9. The molecule has 0 radical (unpaired) electrons. The molecule has 4 nitrogen and oxygen atoms in total. The molecule has 0 aliphatic heterocycles. The second kappa shape index (κ2) is 21.9. The van der Waals surface area contributed by atoms with Gasteiger partial charge in [0.1, 0.15) is 7.85 Å². The number of unbranched alkanes of at least 4 members (excludes halogenated alkanes) is 11. The molecular formula is C24H48BNO3. The minimum atomic E-state index is 0.0722. The van der Waals surface area contributed by atoms with Crippen LogP contribution in [0.5, 0.6) is 0 Å². The van der Waals surface area contributed by atoms with Crippen LogP contribution in [-0.4, -0.2) is 45.1 Å². The van der Waals surface area contributed by atoms with Gasteiger partial charge in [-0.1, -0.05) is 70.4 Å². The Balaban J connectivity index is 3.42. The molecule has 0 fully saturated rings. The normalized spacial score (nSPS) is 13.6. The van der Waals surface area contributed by atoms with E-state index >= 15 is 0 Å². The van der Waals surface area contributed by atoms with Crippen molar-refractivity contribution in [1.29, 1.82) is 0 Å². The number of hydrogen-bond donors (Lipinski definition) is 2. The van der Waals surface area contributed by atoms with Crippen molar-refractivity contribution in [3.8, 4) is 0 Å². The third-order valence-corrected chi connectivity index (χ3v) is 5.58. The van der Waals surface area contributed by atoms with E-state index in [4.69, 9.17) is 4.74 Å². The quantitative estimate of drug-likeness (QED) is 0.163. The largest absolute Gasteiger partial charge is 0.396 e. The summed E-state index contributed by atoms with van der Waals surface area (Å²) in [5.74, 6) is 0.175. The topological polar surface area (TPSA) is 58.6 Å². The summed E-state index contributed by atoms with van der Waals surface area (Å²) in [6.07, 6.45) is 22.5. The first-order valence-corrected chi connectivity index (χ1v) is 12.2. The highest BCUT2D eigenvalue weighted by Gasteiger charge is 2.13. The van der Waals surface area contributed by atoms with Crippen LogP contribution in [0.2, 0.25) is 0 Å². The third-order valence-electron chi connectivity index (χ3n) is 5.58. The second-order valence-electron chi connectivity index (χ2n) is 8.47. The second-order valence-corrected chi connectivity index (χ2v) is 8.47. The van der Waals surface area contributed by atoms with Gasteiger partial charge in [-0.05, 0) is 38.5 Å². The molecule has 170 valence electrons. The lowest BCUT2D eigenvalue weighted by Gasteiger charge is -2.18. The van der Waals surface area contributed by atoms with Crippen LogP contribution in [0.15, 0.2) is 12.2 Å². The highest BCUT2D eigenvalue weighted by molar-refractivity contribution is 6.10. The zero-order valence-corrected chi connectivity index (χ0v) is 19.6. The molecule has 0 aromatic carbocycles. The average molecular weight is 409 g/mol. The molecule has 0 spiro atoms. The van der Waals surface area contributed by atoms with Crippen molar-refractivity contribution >= 4 is 13.8 Å². The van der Waals surface area contributed by atoms with Crippen molar-refractivity contribution in [2.24, 2.45) is 5.92 Å². The number of carbonyl (C=O) groups is 1. The van der Waals surface area contributed by atoms with Crippen LogP contribution in [-0.2, 0) is 9.53 Å². The highest BCUT2D eigenvalue weighted by Crippen LogP contribution is 2.10. The maximum atomic E-state index is 11.9. The molecule has 0 saturated carbocycles. The van der Waals surface area contributed by atoms with Crippen molar-refractivity contribution in [1.82, 2.24) is 5.32 Å². The molecule has 1 amide bonds. The Bertz CT molecular complexity index is 390. The lowest BCUT2D eigenvalue weighted by atomic mass is 9.89. The summed E-state index contributed by atoms with van der Waals surface area (Å²) in [6.45, 7) is 2.88. The Morgan fingerprint density at radius 1 is 0.966 bits per heavy atom. The standard InChI is InChI=1S/C24H48BNO3/c1-3-4-5-6-7-8-9-10-11-12-13-14-15-16-17-18-24(28)26-20-22(21-27)19-23(25)29-2/h10-11,22-23,27H,3-9,12-21,25H2,1-2H3,(H,26,28)/b11-10-/t22-,23-/m1/s1. The fraction of sp³-hybridized carbons (Fsp3) is 0.875. The Kier molecular flexibility index (Phi) is 21.3. The predicted octanol–water partition coefficient (Wildman–Crippen LogP) is 4.74. The van der Waals surface area contributed by atoms with Crippen molar-refractivity contribution in [3.63, 3.8) is 0 Å². The van der Waals surface area contributed by atoms with Gasteiger partial charge in [0, 0.05) is 38.6 Å². The monoisotopic (exact) mass is 409 g/mol. The third kappa shape index (κ3) is 20.3. The predicted molar refractivity (Wildman–Crippen MR) is 127 cm³/mol. The molecule has 0 rings (SSSR count). The van der Waals surface area contributed by atoms with Crippen molar-refractivity contribution in [2.75, 3.05) is 20.3 Å². The minimum Gasteiger partial charge on any atom is -0.396 e. The fourth-order valence-electron chi connectivity index (χ4n) is 3.49. The minimum absolute atomic E-state index is 0.0722. The Labute approximate surface area is 181 Å². The van der Waals surface area contributed by atoms with Crippen molar-refractivity contribution in [3.05, 3.63) is 12.2 Å². The lowest BCUT2D eigenvalue weighted by molar-refractivity contribution is -0.121. The number of nitrogens with one attached hydrogen (secondary N) is 1. The molecule has 0 aliphatic carbocycles. The number of aliphatic hydroxyl groups excluding tert-OH is 1. The van der Waals surface area contributed by atoms with E-state index in [1.54, 1.807) is 7.11 Å². The van der Waals surface area contributed by atoms with Crippen LogP contribution in [0.3, 0.4) is 0 Å².